The van der Waals surface area contributed by atoms with Gasteiger partial charge in [0.25, 0.3) is 0 Å². The van der Waals surface area contributed by atoms with Crippen LogP contribution in [-0.4, -0.2) is 19.9 Å². The van der Waals surface area contributed by atoms with E-state index in [0.29, 0.717) is 16.9 Å². The Labute approximate surface area is 121 Å². The second-order valence-corrected chi connectivity index (χ2v) is 4.68. The van der Waals surface area contributed by atoms with Gasteiger partial charge in [-0.05, 0) is 36.2 Å². The highest BCUT2D eigenvalue weighted by atomic mass is 16.3. The molecule has 0 fully saturated rings. The number of benzene rings is 1. The second kappa shape index (κ2) is 5.10. The zero-order valence-electron chi connectivity index (χ0n) is 11.4. The van der Waals surface area contributed by atoms with E-state index in [1.807, 2.05) is 13.0 Å². The van der Waals surface area contributed by atoms with Crippen LogP contribution in [-0.2, 0) is 0 Å². The minimum atomic E-state index is 0.0241. The van der Waals surface area contributed by atoms with Crippen molar-refractivity contribution in [3.8, 4) is 28.9 Å². The van der Waals surface area contributed by atoms with Crippen molar-refractivity contribution in [1.29, 1.82) is 5.26 Å². The van der Waals surface area contributed by atoms with Crippen LogP contribution in [0.1, 0.15) is 11.1 Å². The van der Waals surface area contributed by atoms with Crippen LogP contribution in [0.15, 0.2) is 48.8 Å². The standard InChI is InChI=1S/C16H12N4O/c1-11-2-7-15(18-9-11)20-16(21)14(10-19-20)13-5-3-12(8-17)4-6-13/h2-7,9-10,21H,1H3. The largest absolute Gasteiger partial charge is 0.493 e. The quantitative estimate of drug-likeness (QED) is 0.781. The van der Waals surface area contributed by atoms with E-state index in [0.717, 1.165) is 11.1 Å². The molecule has 0 unspecified atom stereocenters. The van der Waals surface area contributed by atoms with Crippen molar-refractivity contribution in [2.45, 2.75) is 6.92 Å². The number of aromatic nitrogens is 3. The Hall–Kier alpha value is -3.13. The third-order valence-corrected chi connectivity index (χ3v) is 3.18. The zero-order chi connectivity index (χ0) is 14.8. The van der Waals surface area contributed by atoms with E-state index in [4.69, 9.17) is 5.26 Å². The van der Waals surface area contributed by atoms with Crippen LogP contribution in [0, 0.1) is 18.3 Å². The molecular formula is C16H12N4O. The topological polar surface area (TPSA) is 74.7 Å². The van der Waals surface area contributed by atoms with Crippen LogP contribution in [0.3, 0.4) is 0 Å². The SMILES string of the molecule is Cc1ccc(-n2ncc(-c3ccc(C#N)cc3)c2O)nc1. The van der Waals surface area contributed by atoms with Crippen molar-refractivity contribution in [2.75, 3.05) is 0 Å². The molecule has 0 saturated carbocycles. The maximum absolute atomic E-state index is 10.3. The second-order valence-electron chi connectivity index (χ2n) is 4.68. The lowest BCUT2D eigenvalue weighted by Crippen LogP contribution is -1.98. The Kier molecular flexibility index (Phi) is 3.13. The number of aromatic hydroxyl groups is 1. The van der Waals surface area contributed by atoms with Crippen LogP contribution in [0.4, 0.5) is 0 Å². The number of hydrogen-bond acceptors (Lipinski definition) is 4. The molecule has 0 aliphatic rings. The Morgan fingerprint density at radius 1 is 1.10 bits per heavy atom. The van der Waals surface area contributed by atoms with Crippen LogP contribution < -0.4 is 0 Å². The summed E-state index contributed by atoms with van der Waals surface area (Å²) in [4.78, 5) is 4.24. The van der Waals surface area contributed by atoms with Crippen LogP contribution in [0.2, 0.25) is 0 Å². The first-order valence-corrected chi connectivity index (χ1v) is 6.39. The highest BCUT2D eigenvalue weighted by Gasteiger charge is 2.13. The smallest absolute Gasteiger partial charge is 0.223 e. The van der Waals surface area contributed by atoms with E-state index in [-0.39, 0.29) is 5.88 Å². The minimum absolute atomic E-state index is 0.0241. The van der Waals surface area contributed by atoms with E-state index in [1.165, 1.54) is 4.68 Å². The lowest BCUT2D eigenvalue weighted by molar-refractivity contribution is 0.433. The predicted molar refractivity (Wildman–Crippen MR) is 77.9 cm³/mol. The number of aryl methyl sites for hydroxylation is 1. The first-order chi connectivity index (χ1) is 10.2. The van der Waals surface area contributed by atoms with Gasteiger partial charge in [-0.3, -0.25) is 0 Å². The van der Waals surface area contributed by atoms with E-state index in [2.05, 4.69) is 16.2 Å². The van der Waals surface area contributed by atoms with E-state index in [9.17, 15) is 5.11 Å². The summed E-state index contributed by atoms with van der Waals surface area (Å²) in [6.07, 6.45) is 3.30. The monoisotopic (exact) mass is 276 g/mol. The normalized spacial score (nSPS) is 10.3. The molecule has 1 N–H and O–H groups in total. The summed E-state index contributed by atoms with van der Waals surface area (Å²) in [5.41, 5.74) is 3.01. The highest BCUT2D eigenvalue weighted by Crippen LogP contribution is 2.30. The molecule has 1 aromatic carbocycles. The Morgan fingerprint density at radius 2 is 1.86 bits per heavy atom. The van der Waals surface area contributed by atoms with Crippen molar-refractivity contribution < 1.29 is 5.11 Å². The van der Waals surface area contributed by atoms with Gasteiger partial charge in [0.05, 0.1) is 23.4 Å². The molecule has 5 heteroatoms. The van der Waals surface area contributed by atoms with Gasteiger partial charge >= 0.3 is 0 Å². The molecule has 0 bridgehead atoms. The van der Waals surface area contributed by atoms with Gasteiger partial charge in [-0.15, -0.1) is 0 Å². The van der Waals surface area contributed by atoms with Crippen LogP contribution in [0.25, 0.3) is 16.9 Å². The summed E-state index contributed by atoms with van der Waals surface area (Å²) < 4.78 is 1.38. The van der Waals surface area contributed by atoms with Crippen molar-refractivity contribution in [3.05, 3.63) is 59.9 Å². The van der Waals surface area contributed by atoms with Gasteiger partial charge in [0, 0.05) is 6.20 Å². The van der Waals surface area contributed by atoms with Gasteiger partial charge in [0.2, 0.25) is 5.88 Å². The average Bonchev–Trinajstić information content (AvgIpc) is 2.90. The van der Waals surface area contributed by atoms with Gasteiger partial charge in [-0.25, -0.2) is 4.98 Å². The van der Waals surface area contributed by atoms with E-state index >= 15 is 0 Å². The summed E-state index contributed by atoms with van der Waals surface area (Å²) in [5.74, 6) is 0.578. The van der Waals surface area contributed by atoms with Gasteiger partial charge in [-0.2, -0.15) is 15.0 Å². The molecule has 0 aliphatic carbocycles. The van der Waals surface area contributed by atoms with Gasteiger partial charge in [-0.1, -0.05) is 18.2 Å². The number of nitriles is 1. The molecule has 0 atom stereocenters. The number of pyridine rings is 1. The maximum atomic E-state index is 10.3. The molecule has 0 radical (unpaired) electrons. The molecule has 3 aromatic rings. The first kappa shape index (κ1) is 12.9. The molecule has 2 heterocycles. The molecular weight excluding hydrogens is 264 g/mol. The van der Waals surface area contributed by atoms with Gasteiger partial charge in [0.1, 0.15) is 0 Å². The lowest BCUT2D eigenvalue weighted by atomic mass is 10.1. The number of nitrogens with zero attached hydrogens (tertiary/aromatic N) is 4. The van der Waals surface area contributed by atoms with E-state index in [1.54, 1.807) is 42.7 Å². The van der Waals surface area contributed by atoms with Crippen LogP contribution in [0.5, 0.6) is 5.88 Å². The summed E-state index contributed by atoms with van der Waals surface area (Å²) in [6, 6.07) is 12.7. The Bertz CT molecular complexity index is 811. The summed E-state index contributed by atoms with van der Waals surface area (Å²) in [7, 11) is 0. The predicted octanol–water partition coefficient (Wildman–Crippen LogP) is 2.82. The minimum Gasteiger partial charge on any atom is -0.493 e. The third-order valence-electron chi connectivity index (χ3n) is 3.18. The Morgan fingerprint density at radius 3 is 2.48 bits per heavy atom. The van der Waals surface area contributed by atoms with Gasteiger partial charge in [0.15, 0.2) is 5.82 Å². The van der Waals surface area contributed by atoms with Crippen LogP contribution >= 0.6 is 0 Å². The zero-order valence-corrected chi connectivity index (χ0v) is 11.4. The van der Waals surface area contributed by atoms with Crippen molar-refractivity contribution in [1.82, 2.24) is 14.8 Å². The Balaban J connectivity index is 2.02. The molecule has 5 nitrogen and oxygen atoms in total. The summed E-state index contributed by atoms with van der Waals surface area (Å²) >= 11 is 0. The van der Waals surface area contributed by atoms with E-state index < -0.39 is 0 Å². The molecule has 0 saturated heterocycles. The summed E-state index contributed by atoms with van der Waals surface area (Å²) in [5, 5.41) is 23.3. The molecule has 3 rings (SSSR count). The number of hydrogen-bond donors (Lipinski definition) is 1. The fourth-order valence-corrected chi connectivity index (χ4v) is 2.02. The maximum Gasteiger partial charge on any atom is 0.223 e. The third kappa shape index (κ3) is 2.35. The fraction of sp³-hybridized carbons (Fsp3) is 0.0625. The lowest BCUT2D eigenvalue weighted by Gasteiger charge is -2.03. The molecule has 21 heavy (non-hydrogen) atoms. The van der Waals surface area contributed by atoms with Gasteiger partial charge < -0.3 is 5.11 Å². The molecule has 0 aliphatic heterocycles. The molecule has 0 amide bonds. The molecule has 0 spiro atoms. The van der Waals surface area contributed by atoms with Crippen molar-refractivity contribution in [3.63, 3.8) is 0 Å². The van der Waals surface area contributed by atoms with Crippen molar-refractivity contribution in [2.24, 2.45) is 0 Å². The number of rotatable bonds is 2. The van der Waals surface area contributed by atoms with Crippen molar-refractivity contribution >= 4 is 0 Å². The molecule has 102 valence electrons. The first-order valence-electron chi connectivity index (χ1n) is 6.39. The average molecular weight is 276 g/mol. The molecule has 2 aromatic heterocycles. The highest BCUT2D eigenvalue weighted by molar-refractivity contribution is 5.69. The fourth-order valence-electron chi connectivity index (χ4n) is 2.02. The summed E-state index contributed by atoms with van der Waals surface area (Å²) in [6.45, 7) is 1.95.